The number of carbonyl (C=O) groups is 2. The summed E-state index contributed by atoms with van der Waals surface area (Å²) in [5.74, 6) is 0.542. The lowest BCUT2D eigenvalue weighted by atomic mass is 10.1. The van der Waals surface area contributed by atoms with Gasteiger partial charge >= 0.3 is 6.03 Å². The molecule has 1 aromatic rings. The van der Waals surface area contributed by atoms with Crippen LogP contribution in [0.15, 0.2) is 24.3 Å². The molecule has 1 N–H and O–H groups in total. The van der Waals surface area contributed by atoms with E-state index in [1.165, 1.54) is 0 Å². The fourth-order valence-electron chi connectivity index (χ4n) is 3.20. The number of methoxy groups -OCH3 is 1. The first-order valence-corrected chi connectivity index (χ1v) is 9.33. The molecule has 0 aliphatic carbocycles. The molecule has 27 heavy (non-hydrogen) atoms. The van der Waals surface area contributed by atoms with Crippen LogP contribution >= 0.6 is 0 Å². The molecule has 2 fully saturated rings. The summed E-state index contributed by atoms with van der Waals surface area (Å²) >= 11 is 0. The highest BCUT2D eigenvalue weighted by atomic mass is 16.5. The minimum Gasteiger partial charge on any atom is -0.484 e. The molecule has 2 saturated heterocycles. The van der Waals surface area contributed by atoms with Crippen LogP contribution in [0.4, 0.5) is 10.5 Å². The van der Waals surface area contributed by atoms with E-state index in [2.05, 4.69) is 5.32 Å². The second-order valence-corrected chi connectivity index (χ2v) is 6.68. The molecule has 3 amide bonds. The van der Waals surface area contributed by atoms with Gasteiger partial charge in [0.1, 0.15) is 5.75 Å². The highest BCUT2D eigenvalue weighted by molar-refractivity contribution is 5.89. The number of carbonyl (C=O) groups excluding carboxylic acids is 2. The number of benzene rings is 1. The van der Waals surface area contributed by atoms with Crippen LogP contribution in [0.5, 0.6) is 5.75 Å². The molecule has 3 rings (SSSR count). The first-order valence-electron chi connectivity index (χ1n) is 9.33. The number of hydrogen-bond donors (Lipinski definition) is 1. The van der Waals surface area contributed by atoms with Gasteiger partial charge < -0.3 is 29.3 Å². The SMILES string of the molecule is CO[C@H]1CCCN(C(=O)Nc2ccc(OCC(=O)N3CCOCC3)cc2)C1. The summed E-state index contributed by atoms with van der Waals surface area (Å²) in [6.07, 6.45) is 2.02. The standard InChI is InChI=1S/C19H27N3O5/c1-25-17-3-2-8-22(13-17)19(24)20-15-4-6-16(7-5-15)27-14-18(23)21-9-11-26-12-10-21/h4-7,17H,2-3,8-14H2,1H3,(H,20,24)/t17-/m0/s1. The van der Waals surface area contributed by atoms with Gasteiger partial charge in [-0.15, -0.1) is 0 Å². The number of hydrogen-bond acceptors (Lipinski definition) is 5. The van der Waals surface area contributed by atoms with Crippen molar-refractivity contribution in [2.24, 2.45) is 0 Å². The topological polar surface area (TPSA) is 80.3 Å². The van der Waals surface area contributed by atoms with E-state index >= 15 is 0 Å². The smallest absolute Gasteiger partial charge is 0.321 e. The number of piperidine rings is 1. The molecular weight excluding hydrogens is 350 g/mol. The van der Waals surface area contributed by atoms with Gasteiger partial charge in [0.25, 0.3) is 5.91 Å². The zero-order chi connectivity index (χ0) is 19.1. The zero-order valence-corrected chi connectivity index (χ0v) is 15.7. The number of amides is 3. The monoisotopic (exact) mass is 377 g/mol. The molecule has 0 spiro atoms. The maximum Gasteiger partial charge on any atom is 0.321 e. The average Bonchev–Trinajstić information content (AvgIpc) is 2.73. The van der Waals surface area contributed by atoms with Crippen molar-refractivity contribution in [3.8, 4) is 5.75 Å². The van der Waals surface area contributed by atoms with Crippen LogP contribution in [0.1, 0.15) is 12.8 Å². The van der Waals surface area contributed by atoms with Gasteiger partial charge in [0, 0.05) is 39.0 Å². The molecular formula is C19H27N3O5. The van der Waals surface area contributed by atoms with Crippen molar-refractivity contribution in [3.63, 3.8) is 0 Å². The van der Waals surface area contributed by atoms with Gasteiger partial charge in [-0.2, -0.15) is 0 Å². The molecule has 0 aromatic heterocycles. The van der Waals surface area contributed by atoms with Crippen molar-refractivity contribution in [3.05, 3.63) is 24.3 Å². The second-order valence-electron chi connectivity index (χ2n) is 6.68. The van der Waals surface area contributed by atoms with Crippen LogP contribution < -0.4 is 10.1 Å². The minimum atomic E-state index is -0.132. The number of morpholine rings is 1. The molecule has 1 aromatic carbocycles. The van der Waals surface area contributed by atoms with E-state index in [4.69, 9.17) is 14.2 Å². The summed E-state index contributed by atoms with van der Waals surface area (Å²) in [6, 6.07) is 6.90. The Labute approximate surface area is 159 Å². The zero-order valence-electron chi connectivity index (χ0n) is 15.7. The van der Waals surface area contributed by atoms with Gasteiger partial charge in [0.15, 0.2) is 6.61 Å². The Morgan fingerprint density at radius 3 is 2.59 bits per heavy atom. The quantitative estimate of drug-likeness (QED) is 0.842. The maximum atomic E-state index is 12.4. The third-order valence-corrected chi connectivity index (χ3v) is 4.83. The van der Waals surface area contributed by atoms with Gasteiger partial charge in [0.2, 0.25) is 0 Å². The Morgan fingerprint density at radius 1 is 1.15 bits per heavy atom. The summed E-state index contributed by atoms with van der Waals surface area (Å²) in [6.45, 7) is 3.69. The molecule has 2 heterocycles. The third kappa shape index (κ3) is 5.58. The maximum absolute atomic E-state index is 12.4. The van der Waals surface area contributed by atoms with Gasteiger partial charge in [-0.3, -0.25) is 4.79 Å². The molecule has 0 bridgehead atoms. The number of likely N-dealkylation sites (tertiary alicyclic amines) is 1. The normalized spacial score (nSPS) is 20.3. The molecule has 0 unspecified atom stereocenters. The van der Waals surface area contributed by atoms with Crippen LogP contribution in [0.2, 0.25) is 0 Å². The lowest BCUT2D eigenvalue weighted by Crippen LogP contribution is -2.44. The molecule has 2 aliphatic heterocycles. The predicted molar refractivity (Wildman–Crippen MR) is 100.0 cm³/mol. The average molecular weight is 377 g/mol. The summed E-state index contributed by atoms with van der Waals surface area (Å²) in [5, 5.41) is 2.89. The van der Waals surface area contributed by atoms with Gasteiger partial charge in [0.05, 0.1) is 19.3 Å². The molecule has 1 atom stereocenters. The first kappa shape index (κ1) is 19.4. The lowest BCUT2D eigenvalue weighted by Gasteiger charge is -2.31. The van der Waals surface area contributed by atoms with E-state index in [0.717, 1.165) is 19.4 Å². The molecule has 0 radical (unpaired) electrons. The van der Waals surface area contributed by atoms with Crippen molar-refractivity contribution < 1.29 is 23.8 Å². The van der Waals surface area contributed by atoms with Gasteiger partial charge in [-0.1, -0.05) is 0 Å². The van der Waals surface area contributed by atoms with Gasteiger partial charge in [-0.25, -0.2) is 4.79 Å². The Hall–Kier alpha value is -2.32. The van der Waals surface area contributed by atoms with E-state index < -0.39 is 0 Å². The Morgan fingerprint density at radius 2 is 1.89 bits per heavy atom. The van der Waals surface area contributed by atoms with Crippen LogP contribution in [-0.4, -0.2) is 81.0 Å². The van der Waals surface area contributed by atoms with Crippen LogP contribution in [-0.2, 0) is 14.3 Å². The van der Waals surface area contributed by atoms with E-state index in [1.54, 1.807) is 41.2 Å². The Balaban J connectivity index is 1.45. The first-order chi connectivity index (χ1) is 13.2. The fraction of sp³-hybridized carbons (Fsp3) is 0.579. The van der Waals surface area contributed by atoms with Crippen LogP contribution in [0.3, 0.4) is 0 Å². The molecule has 8 nitrogen and oxygen atoms in total. The lowest BCUT2D eigenvalue weighted by molar-refractivity contribution is -0.137. The second kappa shape index (κ2) is 9.57. The molecule has 0 saturated carbocycles. The van der Waals surface area contributed by atoms with E-state index in [0.29, 0.717) is 44.3 Å². The van der Waals surface area contributed by atoms with Crippen molar-refractivity contribution in [2.75, 3.05) is 58.4 Å². The molecule has 148 valence electrons. The van der Waals surface area contributed by atoms with Crippen LogP contribution in [0, 0.1) is 0 Å². The number of rotatable bonds is 5. The van der Waals surface area contributed by atoms with E-state index in [9.17, 15) is 9.59 Å². The van der Waals surface area contributed by atoms with Crippen molar-refractivity contribution >= 4 is 17.6 Å². The number of urea groups is 1. The number of nitrogens with zero attached hydrogens (tertiary/aromatic N) is 2. The highest BCUT2D eigenvalue weighted by Gasteiger charge is 2.23. The largest absolute Gasteiger partial charge is 0.484 e. The molecule has 8 heteroatoms. The summed E-state index contributed by atoms with van der Waals surface area (Å²) in [4.78, 5) is 28.0. The number of ether oxygens (including phenoxy) is 3. The minimum absolute atomic E-state index is 0.00209. The summed E-state index contributed by atoms with van der Waals surface area (Å²) in [7, 11) is 1.68. The highest BCUT2D eigenvalue weighted by Crippen LogP contribution is 2.18. The number of anilines is 1. The van der Waals surface area contributed by atoms with E-state index in [-0.39, 0.29) is 24.6 Å². The third-order valence-electron chi connectivity index (χ3n) is 4.83. The van der Waals surface area contributed by atoms with Crippen molar-refractivity contribution in [1.29, 1.82) is 0 Å². The Bertz CT molecular complexity index is 631. The van der Waals surface area contributed by atoms with Gasteiger partial charge in [-0.05, 0) is 37.1 Å². The van der Waals surface area contributed by atoms with E-state index in [1.807, 2.05) is 0 Å². The van der Waals surface area contributed by atoms with Crippen molar-refractivity contribution in [1.82, 2.24) is 9.80 Å². The Kier molecular flexibility index (Phi) is 6.89. The number of nitrogens with one attached hydrogen (secondary N) is 1. The summed E-state index contributed by atoms with van der Waals surface area (Å²) in [5.41, 5.74) is 0.686. The fourth-order valence-corrected chi connectivity index (χ4v) is 3.20. The predicted octanol–water partition coefficient (Wildman–Crippen LogP) is 1.57. The van der Waals surface area contributed by atoms with Crippen molar-refractivity contribution in [2.45, 2.75) is 18.9 Å². The summed E-state index contributed by atoms with van der Waals surface area (Å²) < 4.78 is 16.1. The molecule has 2 aliphatic rings. The van der Waals surface area contributed by atoms with Crippen LogP contribution in [0.25, 0.3) is 0 Å².